The molecule has 0 aliphatic carbocycles. The van der Waals surface area contributed by atoms with Crippen LogP contribution in [-0.4, -0.2) is 22.3 Å². The van der Waals surface area contributed by atoms with E-state index in [1.807, 2.05) is 37.3 Å². The summed E-state index contributed by atoms with van der Waals surface area (Å²) in [5.74, 6) is 0.867. The lowest BCUT2D eigenvalue weighted by Gasteiger charge is -2.10. The summed E-state index contributed by atoms with van der Waals surface area (Å²) >= 11 is 0. The molecule has 0 aliphatic rings. The van der Waals surface area contributed by atoms with Crippen molar-refractivity contribution >= 4 is 11.7 Å². The molecule has 0 aliphatic heterocycles. The van der Waals surface area contributed by atoms with Crippen LogP contribution in [0.5, 0.6) is 5.75 Å². The fourth-order valence-electron chi connectivity index (χ4n) is 2.38. The summed E-state index contributed by atoms with van der Waals surface area (Å²) in [6.45, 7) is 2.48. The highest BCUT2D eigenvalue weighted by Crippen LogP contribution is 2.13. The quantitative estimate of drug-likeness (QED) is 0.744. The van der Waals surface area contributed by atoms with Crippen LogP contribution in [0.2, 0.25) is 0 Å². The third kappa shape index (κ3) is 4.48. The Morgan fingerprint density at radius 2 is 1.88 bits per heavy atom. The lowest BCUT2D eigenvalue weighted by molar-refractivity contribution is -0.118. The van der Waals surface area contributed by atoms with Gasteiger partial charge in [-0.3, -0.25) is 4.79 Å². The number of aromatic nitrogens is 2. The lowest BCUT2D eigenvalue weighted by atomic mass is 10.1. The van der Waals surface area contributed by atoms with E-state index in [2.05, 4.69) is 10.4 Å². The standard InChI is InChI=1S/C20H18N4O2/c1-15-2-4-17(5-3-15)13-24-19(10-11-22-24)23-20(25)14-26-18-8-6-16(12-21)7-9-18/h2-11H,13-14H2,1H3,(H,23,25). The maximum atomic E-state index is 12.1. The molecule has 0 bridgehead atoms. The predicted octanol–water partition coefficient (Wildman–Crippen LogP) is 3.13. The van der Waals surface area contributed by atoms with Crippen LogP contribution in [-0.2, 0) is 11.3 Å². The molecule has 1 amide bonds. The van der Waals surface area contributed by atoms with E-state index in [-0.39, 0.29) is 12.5 Å². The largest absolute Gasteiger partial charge is 0.484 e. The number of nitrogens with zero attached hydrogens (tertiary/aromatic N) is 3. The van der Waals surface area contributed by atoms with Gasteiger partial charge in [-0.1, -0.05) is 29.8 Å². The second-order valence-corrected chi connectivity index (χ2v) is 5.83. The summed E-state index contributed by atoms with van der Waals surface area (Å²) in [6, 6.07) is 18.5. The summed E-state index contributed by atoms with van der Waals surface area (Å²) in [6.07, 6.45) is 1.64. The number of hydrogen-bond acceptors (Lipinski definition) is 4. The number of carbonyl (C=O) groups is 1. The Labute approximate surface area is 151 Å². The van der Waals surface area contributed by atoms with Gasteiger partial charge in [-0.25, -0.2) is 4.68 Å². The Hall–Kier alpha value is -3.59. The van der Waals surface area contributed by atoms with Crippen molar-refractivity contribution in [1.29, 1.82) is 5.26 Å². The number of aryl methyl sites for hydroxylation is 1. The van der Waals surface area contributed by atoms with Crippen LogP contribution in [0.3, 0.4) is 0 Å². The smallest absolute Gasteiger partial charge is 0.263 e. The number of amides is 1. The van der Waals surface area contributed by atoms with E-state index in [4.69, 9.17) is 10.00 Å². The Morgan fingerprint density at radius 1 is 1.15 bits per heavy atom. The van der Waals surface area contributed by atoms with Crippen LogP contribution < -0.4 is 10.1 Å². The zero-order valence-corrected chi connectivity index (χ0v) is 14.3. The molecule has 0 radical (unpaired) electrons. The van der Waals surface area contributed by atoms with Gasteiger partial charge in [-0.2, -0.15) is 10.4 Å². The predicted molar refractivity (Wildman–Crippen MR) is 97.8 cm³/mol. The zero-order valence-electron chi connectivity index (χ0n) is 14.3. The summed E-state index contributed by atoms with van der Waals surface area (Å²) in [4.78, 5) is 12.1. The van der Waals surface area contributed by atoms with E-state index in [0.717, 1.165) is 5.56 Å². The van der Waals surface area contributed by atoms with E-state index >= 15 is 0 Å². The van der Waals surface area contributed by atoms with Crippen LogP contribution in [0.15, 0.2) is 60.8 Å². The molecule has 0 unspecified atom stereocenters. The van der Waals surface area contributed by atoms with Gasteiger partial charge < -0.3 is 10.1 Å². The summed E-state index contributed by atoms with van der Waals surface area (Å²) in [5, 5.41) is 15.8. The van der Waals surface area contributed by atoms with Crippen LogP contribution in [0.25, 0.3) is 0 Å². The van der Waals surface area contributed by atoms with E-state index in [1.165, 1.54) is 5.56 Å². The molecular weight excluding hydrogens is 328 g/mol. The molecule has 1 aromatic heterocycles. The minimum Gasteiger partial charge on any atom is -0.484 e. The number of benzene rings is 2. The van der Waals surface area contributed by atoms with Gasteiger partial charge in [0, 0.05) is 6.07 Å². The summed E-state index contributed by atoms with van der Waals surface area (Å²) in [7, 11) is 0. The van der Waals surface area contributed by atoms with Crippen molar-refractivity contribution in [3.63, 3.8) is 0 Å². The van der Waals surface area contributed by atoms with Crippen molar-refractivity contribution in [1.82, 2.24) is 9.78 Å². The normalized spacial score (nSPS) is 10.2. The van der Waals surface area contributed by atoms with Crippen molar-refractivity contribution in [2.45, 2.75) is 13.5 Å². The minimum atomic E-state index is -0.278. The highest BCUT2D eigenvalue weighted by molar-refractivity contribution is 5.91. The monoisotopic (exact) mass is 346 g/mol. The lowest BCUT2D eigenvalue weighted by Crippen LogP contribution is -2.22. The average molecular weight is 346 g/mol. The number of anilines is 1. The van der Waals surface area contributed by atoms with Gasteiger partial charge in [-0.15, -0.1) is 0 Å². The van der Waals surface area contributed by atoms with Crippen LogP contribution >= 0.6 is 0 Å². The number of rotatable bonds is 6. The number of carbonyl (C=O) groups excluding carboxylic acids is 1. The first-order valence-corrected chi connectivity index (χ1v) is 8.14. The van der Waals surface area contributed by atoms with E-state index in [0.29, 0.717) is 23.7 Å². The molecule has 1 N–H and O–H groups in total. The molecule has 26 heavy (non-hydrogen) atoms. The highest BCUT2D eigenvalue weighted by Gasteiger charge is 2.09. The molecule has 0 fully saturated rings. The van der Waals surface area contributed by atoms with Crippen molar-refractivity contribution in [3.8, 4) is 11.8 Å². The molecule has 3 aromatic rings. The molecule has 0 saturated heterocycles. The van der Waals surface area contributed by atoms with Crippen molar-refractivity contribution in [3.05, 3.63) is 77.5 Å². The highest BCUT2D eigenvalue weighted by atomic mass is 16.5. The zero-order chi connectivity index (χ0) is 18.4. The SMILES string of the molecule is Cc1ccc(Cn2nccc2NC(=O)COc2ccc(C#N)cc2)cc1. The van der Waals surface area contributed by atoms with Gasteiger partial charge in [0.15, 0.2) is 6.61 Å². The van der Waals surface area contributed by atoms with Crippen molar-refractivity contribution < 1.29 is 9.53 Å². The molecule has 3 rings (SSSR count). The Kier molecular flexibility index (Phi) is 5.30. The number of nitriles is 1. The first kappa shape index (κ1) is 17.2. The fraction of sp³-hybridized carbons (Fsp3) is 0.150. The molecule has 6 nitrogen and oxygen atoms in total. The molecule has 6 heteroatoms. The molecule has 1 heterocycles. The summed E-state index contributed by atoms with van der Waals surface area (Å²) < 4.78 is 7.16. The minimum absolute atomic E-state index is 0.123. The van der Waals surface area contributed by atoms with Gasteiger partial charge in [0.2, 0.25) is 0 Å². The van der Waals surface area contributed by atoms with Crippen LogP contribution in [0.4, 0.5) is 5.82 Å². The number of hydrogen-bond donors (Lipinski definition) is 1. The third-order valence-corrected chi connectivity index (χ3v) is 3.79. The Morgan fingerprint density at radius 3 is 2.58 bits per heavy atom. The molecule has 0 spiro atoms. The third-order valence-electron chi connectivity index (χ3n) is 3.79. The molecule has 2 aromatic carbocycles. The van der Waals surface area contributed by atoms with Gasteiger partial charge in [0.05, 0.1) is 24.4 Å². The molecule has 0 saturated carbocycles. The molecule has 0 atom stereocenters. The molecule has 130 valence electrons. The summed E-state index contributed by atoms with van der Waals surface area (Å²) in [5.41, 5.74) is 2.84. The van der Waals surface area contributed by atoms with Gasteiger partial charge in [0.1, 0.15) is 11.6 Å². The first-order chi connectivity index (χ1) is 12.6. The average Bonchev–Trinajstić information content (AvgIpc) is 3.09. The Balaban J connectivity index is 1.57. The van der Waals surface area contributed by atoms with Crippen LogP contribution in [0, 0.1) is 18.3 Å². The van der Waals surface area contributed by atoms with Crippen LogP contribution in [0.1, 0.15) is 16.7 Å². The maximum Gasteiger partial charge on any atom is 0.263 e. The first-order valence-electron chi connectivity index (χ1n) is 8.14. The maximum absolute atomic E-state index is 12.1. The number of nitrogens with one attached hydrogen (secondary N) is 1. The van der Waals surface area contributed by atoms with Gasteiger partial charge in [-0.05, 0) is 36.8 Å². The van der Waals surface area contributed by atoms with E-state index in [9.17, 15) is 4.79 Å². The Bertz CT molecular complexity index is 922. The van der Waals surface area contributed by atoms with Crippen molar-refractivity contribution in [2.75, 3.05) is 11.9 Å². The topological polar surface area (TPSA) is 79.9 Å². The fourth-order valence-corrected chi connectivity index (χ4v) is 2.38. The van der Waals surface area contributed by atoms with E-state index < -0.39 is 0 Å². The van der Waals surface area contributed by atoms with E-state index in [1.54, 1.807) is 41.2 Å². The van der Waals surface area contributed by atoms with Gasteiger partial charge >= 0.3 is 0 Å². The van der Waals surface area contributed by atoms with Crippen molar-refractivity contribution in [2.24, 2.45) is 0 Å². The molecular formula is C20H18N4O2. The second-order valence-electron chi connectivity index (χ2n) is 5.83. The number of ether oxygens (including phenoxy) is 1. The second kappa shape index (κ2) is 7.99. The van der Waals surface area contributed by atoms with Gasteiger partial charge in [0.25, 0.3) is 5.91 Å².